The number of carbonyl (C=O) groups excluding carboxylic acids is 2. The average Bonchev–Trinajstić information content (AvgIpc) is 3.09. The van der Waals surface area contributed by atoms with Crippen molar-refractivity contribution in [2.45, 2.75) is 18.9 Å². The Hall–Kier alpha value is -1.75. The van der Waals surface area contributed by atoms with E-state index in [1.54, 1.807) is 18.2 Å². The van der Waals surface area contributed by atoms with Crippen LogP contribution in [0.3, 0.4) is 0 Å². The largest absolute Gasteiger partial charge is 0.350 e. The molecular weight excluding hydrogens is 242 g/mol. The van der Waals surface area contributed by atoms with E-state index in [1.165, 1.54) is 11.1 Å². The Morgan fingerprint density at radius 1 is 1.41 bits per heavy atom. The zero-order valence-electron chi connectivity index (χ0n) is 9.02. The number of halogens is 1. The molecule has 1 fully saturated rings. The molecule has 0 heterocycles. The zero-order chi connectivity index (χ0) is 12.4. The molecule has 0 spiro atoms. The van der Waals surface area contributed by atoms with Gasteiger partial charge in [0.1, 0.15) is 0 Å². The van der Waals surface area contributed by atoms with Crippen LogP contribution < -0.4 is 11.2 Å². The van der Waals surface area contributed by atoms with Gasteiger partial charge in [-0.25, -0.2) is 9.80 Å². The van der Waals surface area contributed by atoms with Gasteiger partial charge in [-0.05, 0) is 31.0 Å². The number of urea groups is 1. The van der Waals surface area contributed by atoms with Crippen LogP contribution in [0.5, 0.6) is 0 Å². The van der Waals surface area contributed by atoms with Crippen LogP contribution in [-0.4, -0.2) is 23.0 Å². The van der Waals surface area contributed by atoms with Crippen molar-refractivity contribution in [2.75, 3.05) is 0 Å². The molecular formula is C11H12ClN3O2. The minimum absolute atomic E-state index is 0.0237. The fraction of sp³-hybridized carbons (Fsp3) is 0.273. The number of amides is 3. The van der Waals surface area contributed by atoms with Gasteiger partial charge in [0.2, 0.25) is 0 Å². The lowest BCUT2D eigenvalue weighted by Gasteiger charge is -2.20. The minimum atomic E-state index is -0.650. The van der Waals surface area contributed by atoms with Crippen LogP contribution in [0, 0.1) is 0 Å². The van der Waals surface area contributed by atoms with Crippen LogP contribution in [0.1, 0.15) is 23.2 Å². The highest BCUT2D eigenvalue weighted by atomic mass is 35.5. The topological polar surface area (TPSA) is 75.4 Å². The quantitative estimate of drug-likeness (QED) is 0.785. The van der Waals surface area contributed by atoms with Gasteiger partial charge in [0, 0.05) is 10.6 Å². The monoisotopic (exact) mass is 253 g/mol. The molecule has 1 aliphatic carbocycles. The van der Waals surface area contributed by atoms with Gasteiger partial charge in [-0.2, -0.15) is 0 Å². The van der Waals surface area contributed by atoms with E-state index in [1.807, 2.05) is 0 Å². The van der Waals surface area contributed by atoms with Gasteiger partial charge >= 0.3 is 6.03 Å². The van der Waals surface area contributed by atoms with E-state index in [9.17, 15) is 9.59 Å². The molecule has 1 aliphatic rings. The Labute approximate surface area is 103 Å². The van der Waals surface area contributed by atoms with Crippen molar-refractivity contribution in [3.05, 3.63) is 34.9 Å². The maximum Gasteiger partial charge on any atom is 0.333 e. The summed E-state index contributed by atoms with van der Waals surface area (Å²) in [6, 6.07) is 5.86. The smallest absolute Gasteiger partial charge is 0.333 e. The molecule has 1 saturated carbocycles. The maximum absolute atomic E-state index is 11.8. The second-order valence-corrected chi connectivity index (χ2v) is 4.33. The molecule has 6 heteroatoms. The van der Waals surface area contributed by atoms with E-state index in [2.05, 4.69) is 5.43 Å². The van der Waals surface area contributed by atoms with Crippen LogP contribution in [0.4, 0.5) is 4.79 Å². The highest BCUT2D eigenvalue weighted by Gasteiger charge is 2.33. The lowest BCUT2D eigenvalue weighted by atomic mass is 10.2. The summed E-state index contributed by atoms with van der Waals surface area (Å²) in [5, 5.41) is 1.64. The van der Waals surface area contributed by atoms with Crippen molar-refractivity contribution in [1.82, 2.24) is 10.4 Å². The first-order valence-corrected chi connectivity index (χ1v) is 5.61. The molecule has 3 N–H and O–H groups in total. The molecule has 90 valence electrons. The zero-order valence-corrected chi connectivity index (χ0v) is 9.78. The van der Waals surface area contributed by atoms with Gasteiger partial charge < -0.3 is 5.73 Å². The summed E-state index contributed by atoms with van der Waals surface area (Å²) in [6.45, 7) is 0. The number of rotatable bonds is 2. The van der Waals surface area contributed by atoms with Crippen molar-refractivity contribution in [2.24, 2.45) is 5.73 Å². The fourth-order valence-corrected chi connectivity index (χ4v) is 1.65. The van der Waals surface area contributed by atoms with E-state index in [-0.39, 0.29) is 6.04 Å². The van der Waals surface area contributed by atoms with E-state index in [0.717, 1.165) is 12.8 Å². The predicted octanol–water partition coefficient (Wildman–Crippen LogP) is 1.53. The number of hydrazine groups is 1. The van der Waals surface area contributed by atoms with Gasteiger partial charge in [-0.15, -0.1) is 0 Å². The number of benzene rings is 1. The number of primary amides is 1. The normalized spacial score (nSPS) is 14.2. The third-order valence-electron chi connectivity index (χ3n) is 2.46. The number of hydrogen-bond donors (Lipinski definition) is 2. The lowest BCUT2D eigenvalue weighted by Crippen LogP contribution is -2.50. The molecule has 0 atom stereocenters. The molecule has 0 radical (unpaired) electrons. The SMILES string of the molecule is NC(=O)N(NC(=O)c1cccc(Cl)c1)C1CC1. The predicted molar refractivity (Wildman–Crippen MR) is 63.4 cm³/mol. The average molecular weight is 254 g/mol. The second kappa shape index (κ2) is 4.63. The number of nitrogens with one attached hydrogen (secondary N) is 1. The van der Waals surface area contributed by atoms with E-state index in [4.69, 9.17) is 17.3 Å². The fourth-order valence-electron chi connectivity index (χ4n) is 1.46. The molecule has 0 aliphatic heterocycles. The molecule has 2 rings (SSSR count). The Morgan fingerprint density at radius 2 is 2.12 bits per heavy atom. The summed E-state index contributed by atoms with van der Waals surface area (Å²) in [5.74, 6) is -0.391. The highest BCUT2D eigenvalue weighted by Crippen LogP contribution is 2.25. The standard InChI is InChI=1S/C11H12ClN3O2/c12-8-3-1-2-7(6-8)10(16)14-15(11(13)17)9-4-5-9/h1-3,6,9H,4-5H2,(H2,13,17)(H,14,16). The van der Waals surface area contributed by atoms with Gasteiger partial charge in [0.05, 0.1) is 6.04 Å². The van der Waals surface area contributed by atoms with E-state index >= 15 is 0 Å². The Kier molecular flexibility index (Phi) is 3.19. The highest BCUT2D eigenvalue weighted by molar-refractivity contribution is 6.30. The maximum atomic E-state index is 11.8. The van der Waals surface area contributed by atoms with Crippen LogP contribution in [0.2, 0.25) is 5.02 Å². The summed E-state index contributed by atoms with van der Waals surface area (Å²) in [4.78, 5) is 22.9. The Balaban J connectivity index is 2.07. The van der Waals surface area contributed by atoms with Crippen LogP contribution in [0.15, 0.2) is 24.3 Å². The van der Waals surface area contributed by atoms with Crippen LogP contribution >= 0.6 is 11.6 Å². The Bertz CT molecular complexity index is 460. The summed E-state index contributed by atoms with van der Waals surface area (Å²) in [6.07, 6.45) is 1.72. The lowest BCUT2D eigenvalue weighted by molar-refractivity contribution is 0.0824. The van der Waals surface area contributed by atoms with Crippen molar-refractivity contribution in [3.63, 3.8) is 0 Å². The van der Waals surface area contributed by atoms with Gasteiger partial charge in [0.25, 0.3) is 5.91 Å². The minimum Gasteiger partial charge on any atom is -0.350 e. The Morgan fingerprint density at radius 3 is 2.65 bits per heavy atom. The van der Waals surface area contributed by atoms with Gasteiger partial charge in [0.15, 0.2) is 0 Å². The molecule has 5 nitrogen and oxygen atoms in total. The molecule has 1 aromatic carbocycles. The second-order valence-electron chi connectivity index (χ2n) is 3.89. The summed E-state index contributed by atoms with van der Waals surface area (Å²) in [5.41, 5.74) is 8.06. The van der Waals surface area contributed by atoms with Gasteiger partial charge in [-0.3, -0.25) is 10.2 Å². The summed E-state index contributed by atoms with van der Waals surface area (Å²) < 4.78 is 0. The molecule has 0 saturated heterocycles. The molecule has 3 amide bonds. The van der Waals surface area contributed by atoms with Gasteiger partial charge in [-0.1, -0.05) is 17.7 Å². The van der Waals surface area contributed by atoms with Crippen LogP contribution in [0.25, 0.3) is 0 Å². The summed E-state index contributed by atoms with van der Waals surface area (Å²) in [7, 11) is 0. The van der Waals surface area contributed by atoms with Crippen molar-refractivity contribution >= 4 is 23.5 Å². The van der Waals surface area contributed by atoms with Crippen molar-refractivity contribution < 1.29 is 9.59 Å². The van der Waals surface area contributed by atoms with Crippen LogP contribution in [-0.2, 0) is 0 Å². The molecule has 0 aromatic heterocycles. The number of nitrogens with zero attached hydrogens (tertiary/aromatic N) is 1. The van der Waals surface area contributed by atoms with Crippen molar-refractivity contribution in [3.8, 4) is 0 Å². The number of carbonyl (C=O) groups is 2. The molecule has 0 unspecified atom stereocenters. The number of nitrogens with two attached hydrogens (primary N) is 1. The first-order valence-electron chi connectivity index (χ1n) is 5.23. The third-order valence-corrected chi connectivity index (χ3v) is 2.69. The van der Waals surface area contributed by atoms with E-state index < -0.39 is 11.9 Å². The molecule has 1 aromatic rings. The first kappa shape index (κ1) is 11.7. The number of hydrogen-bond acceptors (Lipinski definition) is 2. The first-order chi connectivity index (χ1) is 8.08. The van der Waals surface area contributed by atoms with E-state index in [0.29, 0.717) is 10.6 Å². The summed E-state index contributed by atoms with van der Waals surface area (Å²) >= 11 is 5.78. The van der Waals surface area contributed by atoms with Crippen molar-refractivity contribution in [1.29, 1.82) is 0 Å². The molecule has 0 bridgehead atoms. The molecule has 17 heavy (non-hydrogen) atoms. The third kappa shape index (κ3) is 2.88.